The number of hydrogen-bond donors (Lipinski definition) is 0. The zero-order chi connectivity index (χ0) is 16.6. The van der Waals surface area contributed by atoms with Crippen molar-refractivity contribution < 1.29 is 22.8 Å². The number of nitro benzene ring substituents is 1. The minimum atomic E-state index is -3.95. The molecule has 0 radical (unpaired) electrons. The van der Waals surface area contributed by atoms with Crippen molar-refractivity contribution in [3.05, 3.63) is 22.2 Å². The van der Waals surface area contributed by atoms with Gasteiger partial charge in [-0.2, -0.15) is 4.31 Å². The fourth-order valence-electron chi connectivity index (χ4n) is 2.91. The Morgan fingerprint density at radius 1 is 1.26 bits per heavy atom. The molecule has 1 aromatic rings. The third-order valence-electron chi connectivity index (χ3n) is 4.06. The van der Waals surface area contributed by atoms with Crippen LogP contribution < -0.4 is 9.47 Å². The number of fused-ring (bicyclic) bond motifs is 1. The van der Waals surface area contributed by atoms with E-state index < -0.39 is 20.6 Å². The van der Waals surface area contributed by atoms with Gasteiger partial charge in [-0.25, -0.2) is 8.42 Å². The maximum atomic E-state index is 12.9. The molecule has 0 N–H and O–H groups in total. The van der Waals surface area contributed by atoms with E-state index in [4.69, 9.17) is 9.47 Å². The first-order valence-electron chi connectivity index (χ1n) is 7.48. The van der Waals surface area contributed by atoms with Gasteiger partial charge in [0.15, 0.2) is 16.4 Å². The van der Waals surface area contributed by atoms with Crippen LogP contribution in [0.1, 0.15) is 19.8 Å². The van der Waals surface area contributed by atoms with Crippen LogP contribution in [-0.2, 0) is 10.0 Å². The van der Waals surface area contributed by atoms with Gasteiger partial charge in [-0.15, -0.1) is 0 Å². The van der Waals surface area contributed by atoms with Crippen LogP contribution in [0.15, 0.2) is 17.0 Å². The van der Waals surface area contributed by atoms with E-state index in [-0.39, 0.29) is 35.5 Å². The molecule has 1 fully saturated rings. The predicted octanol–water partition coefficient (Wildman–Crippen LogP) is 1.79. The van der Waals surface area contributed by atoms with E-state index in [0.29, 0.717) is 13.1 Å². The molecular formula is C14H18N2O6S. The van der Waals surface area contributed by atoms with E-state index in [0.717, 1.165) is 18.9 Å². The first kappa shape index (κ1) is 16.0. The van der Waals surface area contributed by atoms with Crippen LogP contribution in [0.3, 0.4) is 0 Å². The molecule has 1 unspecified atom stereocenters. The van der Waals surface area contributed by atoms with E-state index >= 15 is 0 Å². The zero-order valence-corrected chi connectivity index (χ0v) is 13.5. The quantitative estimate of drug-likeness (QED) is 0.613. The molecule has 8 nitrogen and oxygen atoms in total. The highest BCUT2D eigenvalue weighted by atomic mass is 32.2. The van der Waals surface area contributed by atoms with Gasteiger partial charge in [-0.1, -0.05) is 6.92 Å². The molecule has 1 saturated heterocycles. The van der Waals surface area contributed by atoms with Gasteiger partial charge in [0, 0.05) is 19.2 Å². The summed E-state index contributed by atoms with van der Waals surface area (Å²) in [5, 5.41) is 11.3. The third-order valence-corrected chi connectivity index (χ3v) is 5.95. The summed E-state index contributed by atoms with van der Waals surface area (Å²) < 4.78 is 37.7. The number of nitro groups is 1. The summed E-state index contributed by atoms with van der Waals surface area (Å²) in [6.07, 6.45) is 1.70. The predicted molar refractivity (Wildman–Crippen MR) is 81.2 cm³/mol. The molecule has 0 spiro atoms. The van der Waals surface area contributed by atoms with Gasteiger partial charge in [0.05, 0.1) is 11.0 Å². The number of piperidine rings is 1. The van der Waals surface area contributed by atoms with Gasteiger partial charge in [-0.3, -0.25) is 10.1 Å². The van der Waals surface area contributed by atoms with E-state index in [2.05, 4.69) is 0 Å². The van der Waals surface area contributed by atoms with Crippen LogP contribution in [-0.4, -0.2) is 43.9 Å². The van der Waals surface area contributed by atoms with Crippen LogP contribution >= 0.6 is 0 Å². The van der Waals surface area contributed by atoms with Crippen molar-refractivity contribution in [2.75, 3.05) is 26.3 Å². The molecule has 2 heterocycles. The van der Waals surface area contributed by atoms with Crippen LogP contribution in [0, 0.1) is 16.0 Å². The van der Waals surface area contributed by atoms with Gasteiger partial charge in [0.2, 0.25) is 10.0 Å². The molecule has 23 heavy (non-hydrogen) atoms. The normalized spacial score (nSPS) is 21.9. The van der Waals surface area contributed by atoms with Crippen molar-refractivity contribution in [3.63, 3.8) is 0 Å². The number of ether oxygens (including phenoxy) is 2. The molecule has 0 bridgehead atoms. The summed E-state index contributed by atoms with van der Waals surface area (Å²) in [5.41, 5.74) is -0.479. The van der Waals surface area contributed by atoms with Crippen molar-refractivity contribution in [2.24, 2.45) is 5.92 Å². The van der Waals surface area contributed by atoms with E-state index in [1.54, 1.807) is 0 Å². The second kappa shape index (κ2) is 5.97. The van der Waals surface area contributed by atoms with E-state index in [1.165, 1.54) is 10.4 Å². The fraction of sp³-hybridized carbons (Fsp3) is 0.571. The van der Waals surface area contributed by atoms with Crippen LogP contribution in [0.5, 0.6) is 11.5 Å². The minimum absolute atomic E-state index is 0.203. The van der Waals surface area contributed by atoms with Crippen molar-refractivity contribution in [1.29, 1.82) is 0 Å². The Hall–Kier alpha value is -1.87. The Balaban J connectivity index is 2.08. The molecule has 0 amide bonds. The SMILES string of the molecule is CC1CCCN(S(=O)(=O)c2cc3c(cc2[N+](=O)[O-])OCCO3)C1. The van der Waals surface area contributed by atoms with Crippen LogP contribution in [0.25, 0.3) is 0 Å². The van der Waals surface area contributed by atoms with E-state index in [9.17, 15) is 18.5 Å². The average Bonchev–Trinajstić information content (AvgIpc) is 2.53. The summed E-state index contributed by atoms with van der Waals surface area (Å²) in [4.78, 5) is 10.3. The van der Waals surface area contributed by atoms with Gasteiger partial charge < -0.3 is 9.47 Å². The Morgan fingerprint density at radius 3 is 2.52 bits per heavy atom. The Kier molecular flexibility index (Phi) is 4.15. The maximum Gasteiger partial charge on any atom is 0.293 e. The molecule has 0 aliphatic carbocycles. The highest BCUT2D eigenvalue weighted by Gasteiger charge is 2.36. The zero-order valence-electron chi connectivity index (χ0n) is 12.7. The molecular weight excluding hydrogens is 324 g/mol. The number of nitrogens with zero attached hydrogens (tertiary/aromatic N) is 2. The molecule has 9 heteroatoms. The summed E-state index contributed by atoms with van der Waals surface area (Å²) in [6.45, 7) is 3.27. The monoisotopic (exact) mass is 342 g/mol. The fourth-order valence-corrected chi connectivity index (χ4v) is 4.66. The summed E-state index contributed by atoms with van der Waals surface area (Å²) >= 11 is 0. The molecule has 2 aliphatic rings. The van der Waals surface area contributed by atoms with Gasteiger partial charge in [0.1, 0.15) is 13.2 Å². The Morgan fingerprint density at radius 2 is 1.91 bits per heavy atom. The molecule has 2 aliphatic heterocycles. The third kappa shape index (κ3) is 2.98. The molecule has 1 atom stereocenters. The molecule has 0 aromatic heterocycles. The largest absolute Gasteiger partial charge is 0.486 e. The smallest absolute Gasteiger partial charge is 0.293 e. The lowest BCUT2D eigenvalue weighted by atomic mass is 10.0. The van der Waals surface area contributed by atoms with E-state index in [1.807, 2.05) is 6.92 Å². The topological polar surface area (TPSA) is 99.0 Å². The van der Waals surface area contributed by atoms with Gasteiger partial charge in [0.25, 0.3) is 5.69 Å². The second-order valence-corrected chi connectivity index (χ2v) is 7.74. The lowest BCUT2D eigenvalue weighted by molar-refractivity contribution is -0.388. The number of hydrogen-bond acceptors (Lipinski definition) is 6. The van der Waals surface area contributed by atoms with Crippen LogP contribution in [0.4, 0.5) is 5.69 Å². The molecule has 3 rings (SSSR count). The van der Waals surface area contributed by atoms with Gasteiger partial charge >= 0.3 is 0 Å². The number of sulfonamides is 1. The van der Waals surface area contributed by atoms with Crippen molar-refractivity contribution in [1.82, 2.24) is 4.31 Å². The minimum Gasteiger partial charge on any atom is -0.486 e. The highest BCUT2D eigenvalue weighted by Crippen LogP contribution is 2.40. The first-order valence-corrected chi connectivity index (χ1v) is 8.92. The van der Waals surface area contributed by atoms with Crippen molar-refractivity contribution >= 4 is 15.7 Å². The lowest BCUT2D eigenvalue weighted by Gasteiger charge is -2.30. The summed E-state index contributed by atoms with van der Waals surface area (Å²) in [7, 11) is -3.95. The molecule has 1 aromatic carbocycles. The van der Waals surface area contributed by atoms with Crippen LogP contribution in [0.2, 0.25) is 0 Å². The number of rotatable bonds is 3. The second-order valence-electron chi connectivity index (χ2n) is 5.83. The first-order chi connectivity index (χ1) is 10.9. The standard InChI is InChI=1S/C14H18N2O6S/c1-10-3-2-4-15(9-10)23(19,20)14-8-13-12(21-5-6-22-13)7-11(14)16(17)18/h7-8,10H,2-6,9H2,1H3. The molecule has 126 valence electrons. The average molecular weight is 342 g/mol. The summed E-state index contributed by atoms with van der Waals surface area (Å²) in [5.74, 6) is 0.661. The Labute approximate surface area is 134 Å². The lowest BCUT2D eigenvalue weighted by Crippen LogP contribution is -2.39. The highest BCUT2D eigenvalue weighted by molar-refractivity contribution is 7.89. The molecule has 0 saturated carbocycles. The Bertz CT molecular complexity index is 733. The van der Waals surface area contributed by atoms with Crippen molar-refractivity contribution in [2.45, 2.75) is 24.7 Å². The number of benzene rings is 1. The van der Waals surface area contributed by atoms with Crippen molar-refractivity contribution in [3.8, 4) is 11.5 Å². The maximum absolute atomic E-state index is 12.9. The summed E-state index contributed by atoms with van der Waals surface area (Å²) in [6, 6.07) is 2.34. The van der Waals surface area contributed by atoms with Gasteiger partial charge in [-0.05, 0) is 18.8 Å².